The molecule has 1 aromatic carbocycles. The van der Waals surface area contributed by atoms with Gasteiger partial charge in [0.1, 0.15) is 0 Å². The van der Waals surface area contributed by atoms with Crippen molar-refractivity contribution in [3.05, 3.63) is 58.3 Å². The van der Waals surface area contributed by atoms with Gasteiger partial charge in [-0.05, 0) is 81.1 Å². The van der Waals surface area contributed by atoms with Gasteiger partial charge in [0.2, 0.25) is 0 Å². The first-order chi connectivity index (χ1) is 13.4. The van der Waals surface area contributed by atoms with Crippen molar-refractivity contribution in [1.82, 2.24) is 15.1 Å². The minimum absolute atomic E-state index is 0.0625. The van der Waals surface area contributed by atoms with Crippen molar-refractivity contribution in [1.29, 1.82) is 0 Å². The number of carbonyl (C=O) groups excluding carboxylic acids is 1. The minimum Gasteiger partial charge on any atom is -0.331 e. The highest BCUT2D eigenvalue weighted by Crippen LogP contribution is 2.46. The highest BCUT2D eigenvalue weighted by Gasteiger charge is 2.50. The summed E-state index contributed by atoms with van der Waals surface area (Å²) in [6.07, 6.45) is 5.10. The predicted octanol–water partition coefficient (Wildman–Crippen LogP) is 4.47. The summed E-state index contributed by atoms with van der Waals surface area (Å²) in [5.74, 6) is 0. The van der Waals surface area contributed by atoms with Crippen molar-refractivity contribution in [3.63, 3.8) is 0 Å². The molecule has 2 amide bonds. The third kappa shape index (κ3) is 3.46. The molecule has 1 N–H and O–H groups in total. The molecule has 1 saturated heterocycles. The number of nitrogens with zero attached hydrogens (tertiary/aromatic N) is 2. The highest BCUT2D eigenvalue weighted by molar-refractivity contribution is 7.07. The molecule has 28 heavy (non-hydrogen) atoms. The van der Waals surface area contributed by atoms with Crippen LogP contribution in [0.2, 0.25) is 0 Å². The summed E-state index contributed by atoms with van der Waals surface area (Å²) in [5.41, 5.74) is 2.70. The van der Waals surface area contributed by atoms with Gasteiger partial charge >= 0.3 is 6.03 Å². The molecule has 2 aromatic rings. The molecular weight excluding hydrogens is 366 g/mol. The van der Waals surface area contributed by atoms with Crippen molar-refractivity contribution in [3.8, 4) is 0 Å². The fraction of sp³-hybridized carbons (Fsp3) is 0.522. The lowest BCUT2D eigenvalue weighted by atomic mass is 9.69. The van der Waals surface area contributed by atoms with Crippen LogP contribution in [0.4, 0.5) is 4.79 Å². The van der Waals surface area contributed by atoms with E-state index >= 15 is 0 Å². The SMILES string of the molecule is CC(Cc1ccsc1)N1CC2(CCC(c3ccccc3)(N(C)C)CC2)NC1=O. The van der Waals surface area contributed by atoms with E-state index < -0.39 is 0 Å². The Hall–Kier alpha value is -1.85. The molecule has 2 aliphatic rings. The van der Waals surface area contributed by atoms with Crippen molar-refractivity contribution in [2.45, 2.75) is 56.1 Å². The zero-order valence-electron chi connectivity index (χ0n) is 17.1. The second kappa shape index (κ2) is 7.53. The van der Waals surface area contributed by atoms with E-state index in [2.05, 4.69) is 83.3 Å². The Kier molecular flexibility index (Phi) is 5.23. The Bertz CT molecular complexity index is 795. The fourth-order valence-corrected chi connectivity index (χ4v) is 5.80. The molecule has 1 aromatic heterocycles. The second-order valence-electron chi connectivity index (χ2n) is 8.82. The first kappa shape index (κ1) is 19.5. The van der Waals surface area contributed by atoms with Crippen LogP contribution in [0.25, 0.3) is 0 Å². The zero-order valence-corrected chi connectivity index (χ0v) is 18.0. The van der Waals surface area contributed by atoms with Crippen LogP contribution in [0.5, 0.6) is 0 Å². The second-order valence-corrected chi connectivity index (χ2v) is 9.60. The summed E-state index contributed by atoms with van der Waals surface area (Å²) < 4.78 is 0. The van der Waals surface area contributed by atoms with E-state index in [9.17, 15) is 4.79 Å². The van der Waals surface area contributed by atoms with E-state index in [4.69, 9.17) is 0 Å². The van der Waals surface area contributed by atoms with Crippen LogP contribution in [0.1, 0.15) is 43.7 Å². The number of carbonyl (C=O) groups is 1. The molecule has 4 nitrogen and oxygen atoms in total. The van der Waals surface area contributed by atoms with Crippen molar-refractivity contribution in [2.75, 3.05) is 20.6 Å². The Morgan fingerprint density at radius 3 is 2.46 bits per heavy atom. The van der Waals surface area contributed by atoms with Crippen LogP contribution >= 0.6 is 11.3 Å². The number of hydrogen-bond acceptors (Lipinski definition) is 3. The van der Waals surface area contributed by atoms with Crippen LogP contribution in [0.3, 0.4) is 0 Å². The molecule has 1 spiro atoms. The number of rotatable bonds is 5. The normalized spacial score (nSPS) is 28.7. The molecule has 5 heteroatoms. The van der Waals surface area contributed by atoms with Gasteiger partial charge < -0.3 is 10.2 Å². The zero-order chi connectivity index (χ0) is 19.8. The minimum atomic E-state index is -0.0751. The summed E-state index contributed by atoms with van der Waals surface area (Å²) in [6.45, 7) is 3.00. The van der Waals surface area contributed by atoms with Gasteiger partial charge in [-0.25, -0.2) is 4.79 Å². The van der Waals surface area contributed by atoms with Gasteiger partial charge in [0, 0.05) is 18.1 Å². The van der Waals surface area contributed by atoms with Crippen molar-refractivity contribution in [2.24, 2.45) is 0 Å². The number of hydrogen-bond donors (Lipinski definition) is 1. The Morgan fingerprint density at radius 2 is 1.86 bits per heavy atom. The van der Waals surface area contributed by atoms with Gasteiger partial charge in [0.05, 0.1) is 5.54 Å². The first-order valence-electron chi connectivity index (χ1n) is 10.3. The van der Waals surface area contributed by atoms with Crippen molar-refractivity contribution < 1.29 is 4.79 Å². The number of benzene rings is 1. The molecule has 150 valence electrons. The van der Waals surface area contributed by atoms with Crippen LogP contribution in [0, 0.1) is 0 Å². The maximum atomic E-state index is 12.8. The molecule has 4 rings (SSSR count). The Morgan fingerprint density at radius 1 is 1.14 bits per heavy atom. The molecule has 2 fully saturated rings. The maximum absolute atomic E-state index is 12.8. The molecule has 1 unspecified atom stereocenters. The highest BCUT2D eigenvalue weighted by atomic mass is 32.1. The Balaban J connectivity index is 1.47. The van der Waals surface area contributed by atoms with Crippen LogP contribution in [-0.2, 0) is 12.0 Å². The molecule has 1 aliphatic heterocycles. The van der Waals surface area contributed by atoms with E-state index in [0.29, 0.717) is 0 Å². The van der Waals surface area contributed by atoms with Crippen molar-refractivity contribution >= 4 is 17.4 Å². The largest absolute Gasteiger partial charge is 0.331 e. The standard InChI is InChI=1S/C23H31N3OS/c1-18(15-19-9-14-28-16-19)26-17-22(24-21(26)27)10-12-23(13-11-22,25(2)3)20-7-5-4-6-8-20/h4-9,14,16,18H,10-13,15,17H2,1-3H3,(H,24,27). The quantitative estimate of drug-likeness (QED) is 0.808. The van der Waals surface area contributed by atoms with E-state index in [-0.39, 0.29) is 23.2 Å². The summed E-state index contributed by atoms with van der Waals surface area (Å²) in [5, 5.41) is 7.68. The van der Waals surface area contributed by atoms with E-state index in [1.807, 2.05) is 0 Å². The van der Waals surface area contributed by atoms with Crippen LogP contribution in [-0.4, -0.2) is 48.1 Å². The summed E-state index contributed by atoms with van der Waals surface area (Å²) in [6, 6.07) is 13.4. The molecule has 2 heterocycles. The fourth-order valence-electron chi connectivity index (χ4n) is 5.12. The number of urea groups is 1. The molecule has 0 bridgehead atoms. The van der Waals surface area contributed by atoms with Crippen LogP contribution in [0.15, 0.2) is 47.2 Å². The first-order valence-corrected chi connectivity index (χ1v) is 11.2. The Labute approximate surface area is 172 Å². The van der Waals surface area contributed by atoms with Gasteiger partial charge in [0.25, 0.3) is 0 Å². The molecule has 1 saturated carbocycles. The molecule has 1 aliphatic carbocycles. The van der Waals surface area contributed by atoms with Gasteiger partial charge in [0.15, 0.2) is 0 Å². The van der Waals surface area contributed by atoms with Gasteiger partial charge in [-0.1, -0.05) is 30.3 Å². The summed E-state index contributed by atoms with van der Waals surface area (Å²) in [7, 11) is 4.38. The van der Waals surface area contributed by atoms with Gasteiger partial charge in [-0.3, -0.25) is 4.90 Å². The van der Waals surface area contributed by atoms with E-state index in [0.717, 1.165) is 38.6 Å². The van der Waals surface area contributed by atoms with Crippen LogP contribution < -0.4 is 5.32 Å². The van der Waals surface area contributed by atoms with Gasteiger partial charge in [-0.2, -0.15) is 11.3 Å². The van der Waals surface area contributed by atoms with E-state index in [1.165, 1.54) is 11.1 Å². The average molecular weight is 398 g/mol. The third-order valence-corrected chi connectivity index (χ3v) is 7.68. The molecule has 1 atom stereocenters. The smallest absolute Gasteiger partial charge is 0.318 e. The summed E-state index contributed by atoms with van der Waals surface area (Å²) in [4.78, 5) is 17.2. The maximum Gasteiger partial charge on any atom is 0.318 e. The number of thiophene rings is 1. The monoisotopic (exact) mass is 397 g/mol. The number of nitrogens with one attached hydrogen (secondary N) is 1. The average Bonchev–Trinajstić information content (AvgIpc) is 3.31. The molecular formula is C23H31N3OS. The lowest BCUT2D eigenvalue weighted by Crippen LogP contribution is -2.54. The predicted molar refractivity (Wildman–Crippen MR) is 116 cm³/mol. The van der Waals surface area contributed by atoms with E-state index in [1.54, 1.807) is 11.3 Å². The topological polar surface area (TPSA) is 35.6 Å². The van der Waals surface area contributed by atoms with Gasteiger partial charge in [-0.15, -0.1) is 0 Å². The lowest BCUT2D eigenvalue weighted by molar-refractivity contribution is 0.0607. The number of amides is 2. The summed E-state index contributed by atoms with van der Waals surface area (Å²) >= 11 is 1.72. The third-order valence-electron chi connectivity index (χ3n) is 6.95. The molecule has 0 radical (unpaired) electrons. The lowest BCUT2D eigenvalue weighted by Gasteiger charge is -2.48.